The van der Waals surface area contributed by atoms with Gasteiger partial charge in [0.1, 0.15) is 10.8 Å². The standard InChI is InChI=1S/C13H13Cl2N3O/c1-2-5-18-8-9(14)6-11(18)13(19)17-10-3-4-16-12(15)7-10/h3-4,6-8H,2,5H2,1H3,(H,16,17,19). The highest BCUT2D eigenvalue weighted by atomic mass is 35.5. The van der Waals surface area contributed by atoms with Gasteiger partial charge >= 0.3 is 0 Å². The van der Waals surface area contributed by atoms with Crippen LogP contribution in [-0.4, -0.2) is 15.5 Å². The van der Waals surface area contributed by atoms with E-state index in [2.05, 4.69) is 10.3 Å². The number of aromatic nitrogens is 2. The van der Waals surface area contributed by atoms with Crippen molar-refractivity contribution in [3.05, 3.63) is 46.5 Å². The number of nitrogens with zero attached hydrogens (tertiary/aromatic N) is 2. The molecule has 2 rings (SSSR count). The lowest BCUT2D eigenvalue weighted by Crippen LogP contribution is -2.16. The van der Waals surface area contributed by atoms with Crippen molar-refractivity contribution in [2.24, 2.45) is 0 Å². The molecular weight excluding hydrogens is 285 g/mol. The Balaban J connectivity index is 2.20. The molecule has 0 unspecified atom stereocenters. The van der Waals surface area contributed by atoms with Crippen LogP contribution >= 0.6 is 23.2 Å². The minimum absolute atomic E-state index is 0.220. The molecule has 6 heteroatoms. The monoisotopic (exact) mass is 297 g/mol. The molecule has 2 aromatic heterocycles. The van der Waals surface area contributed by atoms with Crippen molar-refractivity contribution < 1.29 is 4.79 Å². The highest BCUT2D eigenvalue weighted by Gasteiger charge is 2.13. The highest BCUT2D eigenvalue weighted by molar-refractivity contribution is 6.31. The summed E-state index contributed by atoms with van der Waals surface area (Å²) < 4.78 is 1.83. The number of aryl methyl sites for hydroxylation is 1. The topological polar surface area (TPSA) is 46.9 Å². The van der Waals surface area contributed by atoms with Crippen LogP contribution in [0, 0.1) is 0 Å². The zero-order valence-corrected chi connectivity index (χ0v) is 11.9. The lowest BCUT2D eigenvalue weighted by Gasteiger charge is -2.08. The summed E-state index contributed by atoms with van der Waals surface area (Å²) in [7, 11) is 0. The van der Waals surface area contributed by atoms with Crippen molar-refractivity contribution in [3.63, 3.8) is 0 Å². The van der Waals surface area contributed by atoms with Gasteiger partial charge in [-0.15, -0.1) is 0 Å². The maximum atomic E-state index is 12.2. The predicted molar refractivity (Wildman–Crippen MR) is 76.9 cm³/mol. The van der Waals surface area contributed by atoms with E-state index in [4.69, 9.17) is 23.2 Å². The van der Waals surface area contributed by atoms with Crippen molar-refractivity contribution >= 4 is 34.8 Å². The van der Waals surface area contributed by atoms with E-state index in [1.54, 1.807) is 24.4 Å². The second-order valence-electron chi connectivity index (χ2n) is 4.06. The number of hydrogen-bond donors (Lipinski definition) is 1. The van der Waals surface area contributed by atoms with Gasteiger partial charge in [0.15, 0.2) is 0 Å². The number of amides is 1. The normalized spacial score (nSPS) is 10.5. The van der Waals surface area contributed by atoms with Crippen LogP contribution in [0.2, 0.25) is 10.2 Å². The summed E-state index contributed by atoms with van der Waals surface area (Å²) in [6.07, 6.45) is 4.21. The van der Waals surface area contributed by atoms with Gasteiger partial charge in [0.25, 0.3) is 5.91 Å². The van der Waals surface area contributed by atoms with Crippen molar-refractivity contribution in [1.82, 2.24) is 9.55 Å². The Kier molecular flexibility index (Phi) is 4.45. The lowest BCUT2D eigenvalue weighted by atomic mass is 10.3. The number of halogens is 2. The van der Waals surface area contributed by atoms with Crippen LogP contribution in [0.15, 0.2) is 30.6 Å². The Morgan fingerprint density at radius 3 is 2.89 bits per heavy atom. The summed E-state index contributed by atoms with van der Waals surface area (Å²) in [5.41, 5.74) is 1.13. The number of hydrogen-bond acceptors (Lipinski definition) is 2. The highest BCUT2D eigenvalue weighted by Crippen LogP contribution is 2.17. The van der Waals surface area contributed by atoms with Crippen LogP contribution in [0.25, 0.3) is 0 Å². The number of pyridine rings is 1. The summed E-state index contributed by atoms with van der Waals surface area (Å²) in [5.74, 6) is -0.220. The van der Waals surface area contributed by atoms with Crippen molar-refractivity contribution in [3.8, 4) is 0 Å². The molecule has 2 heterocycles. The van der Waals surface area contributed by atoms with Crippen molar-refractivity contribution in [2.45, 2.75) is 19.9 Å². The van der Waals surface area contributed by atoms with Crippen LogP contribution < -0.4 is 5.32 Å². The molecule has 0 fully saturated rings. The molecule has 19 heavy (non-hydrogen) atoms. The second kappa shape index (κ2) is 6.08. The fraction of sp³-hybridized carbons (Fsp3) is 0.231. The van der Waals surface area contributed by atoms with Gasteiger partial charge in [-0.25, -0.2) is 4.98 Å². The average Bonchev–Trinajstić information content (AvgIpc) is 2.71. The third-order valence-electron chi connectivity index (χ3n) is 2.54. The lowest BCUT2D eigenvalue weighted by molar-refractivity contribution is 0.101. The Bertz CT molecular complexity index is 595. The number of carbonyl (C=O) groups is 1. The quantitative estimate of drug-likeness (QED) is 0.871. The van der Waals surface area contributed by atoms with E-state index in [1.807, 2.05) is 11.5 Å². The molecule has 0 aliphatic rings. The average molecular weight is 298 g/mol. The van der Waals surface area contributed by atoms with Gasteiger partial charge in [0, 0.05) is 24.6 Å². The van der Waals surface area contributed by atoms with E-state index in [1.165, 1.54) is 6.20 Å². The fourth-order valence-electron chi connectivity index (χ4n) is 1.77. The summed E-state index contributed by atoms with van der Waals surface area (Å²) in [6, 6.07) is 4.92. The number of anilines is 1. The number of nitrogens with one attached hydrogen (secondary N) is 1. The van der Waals surface area contributed by atoms with Gasteiger partial charge in [-0.1, -0.05) is 30.1 Å². The van der Waals surface area contributed by atoms with Crippen LogP contribution in [-0.2, 0) is 6.54 Å². The van der Waals surface area contributed by atoms with Gasteiger partial charge in [-0.05, 0) is 24.6 Å². The van der Waals surface area contributed by atoms with Crippen molar-refractivity contribution in [1.29, 1.82) is 0 Å². The molecule has 0 saturated heterocycles. The first-order chi connectivity index (χ1) is 9.10. The second-order valence-corrected chi connectivity index (χ2v) is 4.88. The molecule has 0 aliphatic carbocycles. The Labute approximate surface area is 121 Å². The zero-order valence-electron chi connectivity index (χ0n) is 10.4. The van der Waals surface area contributed by atoms with E-state index in [-0.39, 0.29) is 5.91 Å². The molecule has 0 radical (unpaired) electrons. The van der Waals surface area contributed by atoms with E-state index >= 15 is 0 Å². The van der Waals surface area contributed by atoms with Gasteiger partial charge in [0.2, 0.25) is 0 Å². The third kappa shape index (κ3) is 3.49. The molecular formula is C13H13Cl2N3O. The minimum atomic E-state index is -0.220. The zero-order chi connectivity index (χ0) is 13.8. The van der Waals surface area contributed by atoms with Crippen LogP contribution in [0.4, 0.5) is 5.69 Å². The first-order valence-electron chi connectivity index (χ1n) is 5.88. The minimum Gasteiger partial charge on any atom is -0.342 e. The van der Waals surface area contributed by atoms with Crippen LogP contribution in [0.3, 0.4) is 0 Å². The molecule has 1 amide bonds. The number of rotatable bonds is 4. The van der Waals surface area contributed by atoms with Gasteiger partial charge < -0.3 is 9.88 Å². The van der Waals surface area contributed by atoms with Gasteiger partial charge in [0.05, 0.1) is 5.02 Å². The molecule has 1 N–H and O–H groups in total. The van der Waals surface area contributed by atoms with E-state index < -0.39 is 0 Å². The van der Waals surface area contributed by atoms with Gasteiger partial charge in [-0.2, -0.15) is 0 Å². The van der Waals surface area contributed by atoms with E-state index in [0.29, 0.717) is 21.6 Å². The molecule has 0 aromatic carbocycles. The molecule has 0 aliphatic heterocycles. The maximum Gasteiger partial charge on any atom is 0.272 e. The Hall–Kier alpha value is -1.52. The van der Waals surface area contributed by atoms with Gasteiger partial charge in [-0.3, -0.25) is 4.79 Å². The van der Waals surface area contributed by atoms with E-state index in [0.717, 1.165) is 13.0 Å². The first kappa shape index (κ1) is 13.9. The Morgan fingerprint density at radius 2 is 2.21 bits per heavy atom. The summed E-state index contributed by atoms with van der Waals surface area (Å²) in [4.78, 5) is 16.0. The molecule has 4 nitrogen and oxygen atoms in total. The molecule has 0 atom stereocenters. The largest absolute Gasteiger partial charge is 0.342 e. The summed E-state index contributed by atoms with van der Waals surface area (Å²) in [5, 5.41) is 3.65. The molecule has 2 aromatic rings. The fourth-order valence-corrected chi connectivity index (χ4v) is 2.16. The van der Waals surface area contributed by atoms with Crippen LogP contribution in [0.1, 0.15) is 23.8 Å². The van der Waals surface area contributed by atoms with Crippen molar-refractivity contribution in [2.75, 3.05) is 5.32 Å². The van der Waals surface area contributed by atoms with E-state index in [9.17, 15) is 4.79 Å². The smallest absolute Gasteiger partial charge is 0.272 e. The SMILES string of the molecule is CCCn1cc(Cl)cc1C(=O)Nc1ccnc(Cl)c1. The Morgan fingerprint density at radius 1 is 1.42 bits per heavy atom. The molecule has 0 saturated carbocycles. The summed E-state index contributed by atoms with van der Waals surface area (Å²) >= 11 is 11.7. The molecule has 0 spiro atoms. The van der Waals surface area contributed by atoms with Crippen LogP contribution in [0.5, 0.6) is 0 Å². The predicted octanol–water partition coefficient (Wildman–Crippen LogP) is 3.85. The molecule has 100 valence electrons. The maximum absolute atomic E-state index is 12.2. The number of carbonyl (C=O) groups excluding carboxylic acids is 1. The summed E-state index contributed by atoms with van der Waals surface area (Å²) in [6.45, 7) is 2.78. The third-order valence-corrected chi connectivity index (χ3v) is 2.96. The first-order valence-corrected chi connectivity index (χ1v) is 6.64. The molecule has 0 bridgehead atoms.